The number of rotatable bonds is 5. The summed E-state index contributed by atoms with van der Waals surface area (Å²) in [7, 11) is 3.49. The molecule has 2 aliphatic heterocycles. The van der Waals surface area contributed by atoms with E-state index in [1.807, 2.05) is 29.2 Å². The summed E-state index contributed by atoms with van der Waals surface area (Å²) in [5.74, 6) is 1.39. The number of hydrogen-bond acceptors (Lipinski definition) is 5. The molecule has 1 N–H and O–H groups in total. The van der Waals surface area contributed by atoms with Gasteiger partial charge in [-0.3, -0.25) is 14.5 Å². The molecule has 7 heteroatoms. The van der Waals surface area contributed by atoms with Gasteiger partial charge in [0.05, 0.1) is 19.1 Å². The summed E-state index contributed by atoms with van der Waals surface area (Å²) >= 11 is 0. The summed E-state index contributed by atoms with van der Waals surface area (Å²) < 4.78 is 11.5. The standard InChI is InChI=1S/C18H25N3O4/c1-20(2)18(23)14-6-5-9-21(14)11-17(22)19-10-13-12-24-15-7-3-4-8-16(15)25-13/h3-4,7-8,13-14H,5-6,9-12H2,1-2H3,(H,19,22). The maximum atomic E-state index is 12.3. The Morgan fingerprint density at radius 1 is 1.28 bits per heavy atom. The summed E-state index contributed by atoms with van der Waals surface area (Å²) in [6, 6.07) is 7.30. The van der Waals surface area contributed by atoms with Crippen LogP contribution in [0.1, 0.15) is 12.8 Å². The molecule has 1 aromatic rings. The van der Waals surface area contributed by atoms with Gasteiger partial charge in [0.15, 0.2) is 11.5 Å². The number of fused-ring (bicyclic) bond motifs is 1. The molecular formula is C18H25N3O4. The number of ether oxygens (including phenoxy) is 2. The van der Waals surface area contributed by atoms with Gasteiger partial charge in [0, 0.05) is 14.1 Å². The van der Waals surface area contributed by atoms with E-state index in [9.17, 15) is 9.59 Å². The SMILES string of the molecule is CN(C)C(=O)C1CCCN1CC(=O)NCC1COc2ccccc2O1. The summed E-state index contributed by atoms with van der Waals surface area (Å²) in [5.41, 5.74) is 0. The zero-order valence-electron chi connectivity index (χ0n) is 14.7. The highest BCUT2D eigenvalue weighted by Gasteiger charge is 2.32. The molecule has 7 nitrogen and oxygen atoms in total. The van der Waals surface area contributed by atoms with Crippen LogP contribution in [0.5, 0.6) is 11.5 Å². The van der Waals surface area contributed by atoms with Crippen LogP contribution in [-0.2, 0) is 9.59 Å². The lowest BCUT2D eigenvalue weighted by molar-refractivity contribution is -0.134. The van der Waals surface area contributed by atoms with Gasteiger partial charge in [0.1, 0.15) is 12.7 Å². The van der Waals surface area contributed by atoms with Crippen molar-refractivity contribution in [1.82, 2.24) is 15.1 Å². The van der Waals surface area contributed by atoms with Crippen LogP contribution in [0.15, 0.2) is 24.3 Å². The fourth-order valence-corrected chi connectivity index (χ4v) is 3.22. The Balaban J connectivity index is 1.46. The number of benzene rings is 1. The zero-order chi connectivity index (χ0) is 17.8. The van der Waals surface area contributed by atoms with Crippen molar-refractivity contribution in [3.05, 3.63) is 24.3 Å². The van der Waals surface area contributed by atoms with Crippen LogP contribution in [-0.4, -0.2) is 74.1 Å². The molecule has 2 heterocycles. The minimum atomic E-state index is -0.211. The van der Waals surface area contributed by atoms with Gasteiger partial charge in [-0.05, 0) is 31.5 Å². The average molecular weight is 347 g/mol. The molecule has 2 atom stereocenters. The van der Waals surface area contributed by atoms with Crippen LogP contribution in [0, 0.1) is 0 Å². The first-order valence-corrected chi connectivity index (χ1v) is 8.65. The van der Waals surface area contributed by atoms with Crippen molar-refractivity contribution in [2.75, 3.05) is 40.3 Å². The molecule has 0 aliphatic carbocycles. The third-order valence-electron chi connectivity index (χ3n) is 4.53. The van der Waals surface area contributed by atoms with E-state index in [0.717, 1.165) is 25.1 Å². The molecule has 0 saturated carbocycles. The molecular weight excluding hydrogens is 322 g/mol. The first-order chi connectivity index (χ1) is 12.0. The Kier molecular flexibility index (Phi) is 5.43. The predicted molar refractivity (Wildman–Crippen MR) is 92.7 cm³/mol. The monoisotopic (exact) mass is 347 g/mol. The second-order valence-corrected chi connectivity index (χ2v) is 6.66. The molecule has 25 heavy (non-hydrogen) atoms. The van der Waals surface area contributed by atoms with E-state index in [0.29, 0.717) is 18.9 Å². The van der Waals surface area contributed by atoms with Crippen molar-refractivity contribution in [1.29, 1.82) is 0 Å². The average Bonchev–Trinajstić information content (AvgIpc) is 3.07. The fraction of sp³-hybridized carbons (Fsp3) is 0.556. The Bertz CT molecular complexity index is 635. The molecule has 136 valence electrons. The summed E-state index contributed by atoms with van der Waals surface area (Å²) in [5, 5.41) is 2.89. The smallest absolute Gasteiger partial charge is 0.239 e. The largest absolute Gasteiger partial charge is 0.486 e. The Hall–Kier alpha value is -2.28. The Labute approximate surface area is 147 Å². The molecule has 1 aromatic carbocycles. The van der Waals surface area contributed by atoms with Gasteiger partial charge in [-0.15, -0.1) is 0 Å². The van der Waals surface area contributed by atoms with Crippen molar-refractivity contribution in [2.24, 2.45) is 0 Å². The minimum absolute atomic E-state index is 0.0610. The lowest BCUT2D eigenvalue weighted by atomic mass is 10.2. The third-order valence-corrected chi connectivity index (χ3v) is 4.53. The summed E-state index contributed by atoms with van der Waals surface area (Å²) in [6.07, 6.45) is 1.53. The van der Waals surface area contributed by atoms with Gasteiger partial charge in [-0.1, -0.05) is 12.1 Å². The van der Waals surface area contributed by atoms with Crippen LogP contribution >= 0.6 is 0 Å². The lowest BCUT2D eigenvalue weighted by Crippen LogP contribution is -2.48. The number of nitrogens with zero attached hydrogens (tertiary/aromatic N) is 2. The molecule has 2 unspecified atom stereocenters. The van der Waals surface area contributed by atoms with Crippen molar-refractivity contribution in [2.45, 2.75) is 25.0 Å². The van der Waals surface area contributed by atoms with Crippen LogP contribution in [0.2, 0.25) is 0 Å². The maximum Gasteiger partial charge on any atom is 0.239 e. The van der Waals surface area contributed by atoms with E-state index in [-0.39, 0.29) is 30.5 Å². The molecule has 2 amide bonds. The molecule has 1 fully saturated rings. The van der Waals surface area contributed by atoms with Crippen LogP contribution in [0.4, 0.5) is 0 Å². The van der Waals surface area contributed by atoms with E-state index in [1.54, 1.807) is 19.0 Å². The van der Waals surface area contributed by atoms with E-state index >= 15 is 0 Å². The van der Waals surface area contributed by atoms with Crippen molar-refractivity contribution < 1.29 is 19.1 Å². The van der Waals surface area contributed by atoms with Crippen molar-refractivity contribution in [3.8, 4) is 11.5 Å². The second-order valence-electron chi connectivity index (χ2n) is 6.66. The lowest BCUT2D eigenvalue weighted by Gasteiger charge is -2.28. The van der Waals surface area contributed by atoms with Crippen molar-refractivity contribution in [3.63, 3.8) is 0 Å². The van der Waals surface area contributed by atoms with E-state index in [2.05, 4.69) is 5.32 Å². The quantitative estimate of drug-likeness (QED) is 0.840. The first-order valence-electron chi connectivity index (χ1n) is 8.65. The molecule has 0 radical (unpaired) electrons. The number of likely N-dealkylation sites (tertiary alicyclic amines) is 1. The van der Waals surface area contributed by atoms with Gasteiger partial charge in [0.2, 0.25) is 11.8 Å². The van der Waals surface area contributed by atoms with Gasteiger partial charge < -0.3 is 19.7 Å². The van der Waals surface area contributed by atoms with E-state index < -0.39 is 0 Å². The highest BCUT2D eigenvalue weighted by molar-refractivity contribution is 5.83. The minimum Gasteiger partial charge on any atom is -0.486 e. The Morgan fingerprint density at radius 3 is 2.80 bits per heavy atom. The topological polar surface area (TPSA) is 71.1 Å². The number of nitrogens with one attached hydrogen (secondary N) is 1. The van der Waals surface area contributed by atoms with Crippen LogP contribution in [0.25, 0.3) is 0 Å². The molecule has 0 spiro atoms. The third kappa shape index (κ3) is 4.22. The Morgan fingerprint density at radius 2 is 2.04 bits per heavy atom. The highest BCUT2D eigenvalue weighted by Crippen LogP contribution is 2.30. The second kappa shape index (κ2) is 7.74. The number of hydrogen-bond donors (Lipinski definition) is 1. The zero-order valence-corrected chi connectivity index (χ0v) is 14.7. The van der Waals surface area contributed by atoms with Crippen molar-refractivity contribution >= 4 is 11.8 Å². The molecule has 3 rings (SSSR count). The van der Waals surface area contributed by atoms with Gasteiger partial charge in [0.25, 0.3) is 0 Å². The normalized spacial score (nSPS) is 22.5. The number of carbonyl (C=O) groups is 2. The molecule has 2 aliphatic rings. The van der Waals surface area contributed by atoms with Gasteiger partial charge >= 0.3 is 0 Å². The molecule has 0 aromatic heterocycles. The van der Waals surface area contributed by atoms with E-state index in [1.165, 1.54) is 0 Å². The van der Waals surface area contributed by atoms with Gasteiger partial charge in [-0.2, -0.15) is 0 Å². The van der Waals surface area contributed by atoms with E-state index in [4.69, 9.17) is 9.47 Å². The van der Waals surface area contributed by atoms with Crippen LogP contribution in [0.3, 0.4) is 0 Å². The van der Waals surface area contributed by atoms with Crippen LogP contribution < -0.4 is 14.8 Å². The molecule has 0 bridgehead atoms. The maximum absolute atomic E-state index is 12.3. The summed E-state index contributed by atoms with van der Waals surface area (Å²) in [4.78, 5) is 28.0. The summed E-state index contributed by atoms with van der Waals surface area (Å²) in [6.45, 7) is 1.79. The number of amides is 2. The number of para-hydroxylation sites is 2. The predicted octanol–water partition coefficient (Wildman–Crippen LogP) is 0.495. The molecule has 1 saturated heterocycles. The fourth-order valence-electron chi connectivity index (χ4n) is 3.22. The number of carbonyl (C=O) groups excluding carboxylic acids is 2. The first kappa shape index (κ1) is 17.5. The van der Waals surface area contributed by atoms with Gasteiger partial charge in [-0.25, -0.2) is 0 Å². The highest BCUT2D eigenvalue weighted by atomic mass is 16.6. The number of likely N-dealkylation sites (N-methyl/N-ethyl adjacent to an activating group) is 1.